The first-order valence-corrected chi connectivity index (χ1v) is 9.56. The summed E-state index contributed by atoms with van der Waals surface area (Å²) in [5, 5.41) is 17.3. The number of hydrogen-bond acceptors (Lipinski definition) is 5. The fourth-order valence-corrected chi connectivity index (χ4v) is 2.88. The average molecular weight is 413 g/mol. The third-order valence-electron chi connectivity index (χ3n) is 4.62. The first-order valence-electron chi connectivity index (χ1n) is 9.18. The van der Waals surface area contributed by atoms with Crippen LogP contribution in [0.15, 0.2) is 54.9 Å². The van der Waals surface area contributed by atoms with Crippen LogP contribution in [0.1, 0.15) is 30.6 Å². The second-order valence-electron chi connectivity index (χ2n) is 6.64. The van der Waals surface area contributed by atoms with Gasteiger partial charge in [-0.05, 0) is 58.8 Å². The van der Waals surface area contributed by atoms with E-state index in [0.717, 1.165) is 6.42 Å². The Hall–Kier alpha value is -3.26. The van der Waals surface area contributed by atoms with Crippen LogP contribution in [-0.4, -0.2) is 38.1 Å². The van der Waals surface area contributed by atoms with Gasteiger partial charge in [-0.15, -0.1) is 5.10 Å². The first kappa shape index (κ1) is 20.5. The summed E-state index contributed by atoms with van der Waals surface area (Å²) in [6.45, 7) is 3.89. The zero-order valence-electron chi connectivity index (χ0n) is 16.0. The van der Waals surface area contributed by atoms with E-state index in [2.05, 4.69) is 26.2 Å². The Morgan fingerprint density at radius 3 is 2.59 bits per heavy atom. The Kier molecular flexibility index (Phi) is 6.56. The lowest BCUT2D eigenvalue weighted by Gasteiger charge is -2.23. The number of anilines is 1. The summed E-state index contributed by atoms with van der Waals surface area (Å²) < 4.78 is 1.49. The molecule has 0 spiro atoms. The molecule has 2 unspecified atom stereocenters. The molecule has 150 valence electrons. The minimum atomic E-state index is -0.695. The number of nitrogens with one attached hydrogen (secondary N) is 2. The van der Waals surface area contributed by atoms with Crippen molar-refractivity contribution < 1.29 is 9.59 Å². The van der Waals surface area contributed by atoms with Crippen molar-refractivity contribution >= 4 is 29.1 Å². The molecule has 8 nitrogen and oxygen atoms in total. The van der Waals surface area contributed by atoms with E-state index < -0.39 is 6.04 Å². The van der Waals surface area contributed by atoms with Crippen LogP contribution in [0.3, 0.4) is 0 Å². The van der Waals surface area contributed by atoms with Crippen molar-refractivity contribution in [3.05, 3.63) is 65.4 Å². The van der Waals surface area contributed by atoms with E-state index in [-0.39, 0.29) is 17.7 Å². The van der Waals surface area contributed by atoms with Crippen molar-refractivity contribution in [1.82, 2.24) is 25.5 Å². The van der Waals surface area contributed by atoms with E-state index in [1.807, 2.05) is 19.9 Å². The molecule has 0 radical (unpaired) electrons. The molecular weight excluding hydrogens is 392 g/mol. The molecule has 3 aromatic rings. The van der Waals surface area contributed by atoms with Crippen molar-refractivity contribution in [2.75, 3.05) is 5.32 Å². The topological polar surface area (TPSA) is 102 Å². The highest BCUT2D eigenvalue weighted by Gasteiger charge is 2.26. The Bertz CT molecular complexity index is 975. The van der Waals surface area contributed by atoms with Crippen LogP contribution in [-0.2, 0) is 4.79 Å². The summed E-state index contributed by atoms with van der Waals surface area (Å²) in [4.78, 5) is 25.5. The van der Waals surface area contributed by atoms with E-state index in [1.54, 1.807) is 42.5 Å². The van der Waals surface area contributed by atoms with Gasteiger partial charge in [0.2, 0.25) is 5.91 Å². The van der Waals surface area contributed by atoms with Gasteiger partial charge in [0.1, 0.15) is 12.4 Å². The maximum atomic E-state index is 12.9. The smallest absolute Gasteiger partial charge is 0.251 e. The molecule has 0 aliphatic carbocycles. The quantitative estimate of drug-likeness (QED) is 0.620. The lowest BCUT2D eigenvalue weighted by atomic mass is 9.97. The number of nitrogens with zero attached hydrogens (tertiary/aromatic N) is 4. The zero-order valence-corrected chi connectivity index (χ0v) is 16.8. The van der Waals surface area contributed by atoms with Gasteiger partial charge in [-0.2, -0.15) is 0 Å². The molecule has 0 saturated heterocycles. The zero-order chi connectivity index (χ0) is 20.8. The van der Waals surface area contributed by atoms with Crippen LogP contribution < -0.4 is 10.6 Å². The summed E-state index contributed by atoms with van der Waals surface area (Å²) in [7, 11) is 0. The third-order valence-corrected chi connectivity index (χ3v) is 4.87. The molecule has 1 aromatic heterocycles. The highest BCUT2D eigenvalue weighted by molar-refractivity contribution is 6.30. The van der Waals surface area contributed by atoms with Crippen molar-refractivity contribution in [3.63, 3.8) is 0 Å². The second kappa shape index (κ2) is 9.29. The molecule has 0 bridgehead atoms. The second-order valence-corrected chi connectivity index (χ2v) is 7.07. The lowest BCUT2D eigenvalue weighted by molar-refractivity contribution is -0.119. The summed E-state index contributed by atoms with van der Waals surface area (Å²) in [6.07, 6.45) is 2.19. The Morgan fingerprint density at radius 1 is 1.17 bits per heavy atom. The molecule has 0 fully saturated rings. The molecule has 29 heavy (non-hydrogen) atoms. The monoisotopic (exact) mass is 412 g/mol. The minimum Gasteiger partial charge on any atom is -0.340 e. The van der Waals surface area contributed by atoms with Crippen molar-refractivity contribution in [2.45, 2.75) is 26.3 Å². The highest BCUT2D eigenvalue weighted by Crippen LogP contribution is 2.17. The van der Waals surface area contributed by atoms with E-state index in [9.17, 15) is 9.59 Å². The van der Waals surface area contributed by atoms with E-state index in [0.29, 0.717) is 22.0 Å². The maximum absolute atomic E-state index is 12.9. The molecule has 0 aliphatic heterocycles. The van der Waals surface area contributed by atoms with Crippen LogP contribution >= 0.6 is 11.6 Å². The number of benzene rings is 2. The summed E-state index contributed by atoms with van der Waals surface area (Å²) in [5.41, 5.74) is 1.73. The number of amides is 2. The van der Waals surface area contributed by atoms with Gasteiger partial charge >= 0.3 is 0 Å². The van der Waals surface area contributed by atoms with E-state index in [1.165, 1.54) is 11.0 Å². The Labute approximate surface area is 173 Å². The molecule has 3 rings (SSSR count). The van der Waals surface area contributed by atoms with Crippen LogP contribution in [0, 0.1) is 5.92 Å². The Balaban J connectivity index is 1.75. The number of tetrazole rings is 1. The lowest BCUT2D eigenvalue weighted by Crippen LogP contribution is -2.47. The number of aromatic nitrogens is 4. The number of hydrogen-bond donors (Lipinski definition) is 2. The summed E-state index contributed by atoms with van der Waals surface area (Å²) in [5.74, 6) is -0.686. The molecule has 2 atom stereocenters. The fraction of sp³-hybridized carbons (Fsp3) is 0.250. The van der Waals surface area contributed by atoms with Gasteiger partial charge in [0.15, 0.2) is 0 Å². The van der Waals surface area contributed by atoms with Gasteiger partial charge in [0, 0.05) is 16.3 Å². The molecule has 0 saturated carbocycles. The number of carbonyl (C=O) groups is 2. The summed E-state index contributed by atoms with van der Waals surface area (Å²) in [6, 6.07) is 13.0. The predicted octanol–water partition coefficient (Wildman–Crippen LogP) is 3.10. The van der Waals surface area contributed by atoms with Crippen molar-refractivity contribution in [2.24, 2.45) is 5.92 Å². The van der Waals surface area contributed by atoms with Gasteiger partial charge < -0.3 is 10.6 Å². The third kappa shape index (κ3) is 5.17. The van der Waals surface area contributed by atoms with Gasteiger partial charge in [0.05, 0.1) is 5.69 Å². The van der Waals surface area contributed by atoms with Crippen LogP contribution in [0.25, 0.3) is 5.69 Å². The maximum Gasteiger partial charge on any atom is 0.251 e. The fourth-order valence-electron chi connectivity index (χ4n) is 2.75. The molecule has 0 aliphatic rings. The molecule has 9 heteroatoms. The normalized spacial score (nSPS) is 12.8. The minimum absolute atomic E-state index is 0.0612. The van der Waals surface area contributed by atoms with Crippen molar-refractivity contribution in [1.29, 1.82) is 0 Å². The summed E-state index contributed by atoms with van der Waals surface area (Å²) >= 11 is 5.88. The van der Waals surface area contributed by atoms with E-state index >= 15 is 0 Å². The predicted molar refractivity (Wildman–Crippen MR) is 110 cm³/mol. The Morgan fingerprint density at radius 2 is 1.93 bits per heavy atom. The number of carbonyl (C=O) groups excluding carboxylic acids is 2. The average Bonchev–Trinajstić information content (AvgIpc) is 3.27. The molecule has 1 heterocycles. The molecule has 2 aromatic carbocycles. The van der Waals surface area contributed by atoms with Gasteiger partial charge in [-0.3, -0.25) is 9.59 Å². The number of halogens is 1. The molecule has 2 N–H and O–H groups in total. The SMILES string of the molecule is CCC(C)C(NC(=O)c1ccc(Cl)cc1)C(=O)Nc1cccc(-n2cnnn2)c1. The van der Waals surface area contributed by atoms with Gasteiger partial charge in [-0.25, -0.2) is 4.68 Å². The van der Waals surface area contributed by atoms with E-state index in [4.69, 9.17) is 11.6 Å². The van der Waals surface area contributed by atoms with Crippen molar-refractivity contribution in [3.8, 4) is 5.69 Å². The highest BCUT2D eigenvalue weighted by atomic mass is 35.5. The first-order chi connectivity index (χ1) is 14.0. The van der Waals surface area contributed by atoms with Crippen LogP contribution in [0.5, 0.6) is 0 Å². The number of rotatable bonds is 7. The van der Waals surface area contributed by atoms with Crippen LogP contribution in [0.2, 0.25) is 5.02 Å². The molecular formula is C20H21ClN6O2. The largest absolute Gasteiger partial charge is 0.340 e. The van der Waals surface area contributed by atoms with Crippen LogP contribution in [0.4, 0.5) is 5.69 Å². The molecule has 2 amide bonds. The standard InChI is InChI=1S/C20H21ClN6O2/c1-3-13(2)18(24-19(28)14-7-9-15(21)10-8-14)20(29)23-16-5-4-6-17(11-16)27-12-22-25-26-27/h4-13,18H,3H2,1-2H3,(H,23,29)(H,24,28). The van der Waals surface area contributed by atoms with Gasteiger partial charge in [-0.1, -0.05) is 37.9 Å². The van der Waals surface area contributed by atoms with Gasteiger partial charge in [0.25, 0.3) is 5.91 Å².